The number of rotatable bonds is 1. The zero-order valence-electron chi connectivity index (χ0n) is 9.70. The number of aromatic amines is 1. The number of hydrogen-bond donors (Lipinski definition) is 2. The van der Waals surface area contributed by atoms with Crippen molar-refractivity contribution in [2.24, 2.45) is 0 Å². The van der Waals surface area contributed by atoms with Crippen molar-refractivity contribution < 1.29 is 9.47 Å². The van der Waals surface area contributed by atoms with Gasteiger partial charge in [-0.3, -0.25) is 5.10 Å². The van der Waals surface area contributed by atoms with E-state index in [0.29, 0.717) is 5.82 Å². The SMILES string of the molecule is Cc1cc2c(c(-c3cn[nH]c3N)c1C)OCO2. The minimum absolute atomic E-state index is 0.253. The van der Waals surface area contributed by atoms with Crippen LogP contribution < -0.4 is 15.2 Å². The third-order valence-electron chi connectivity index (χ3n) is 3.12. The lowest BCUT2D eigenvalue weighted by Crippen LogP contribution is -1.95. The molecule has 17 heavy (non-hydrogen) atoms. The number of anilines is 1. The average molecular weight is 231 g/mol. The third-order valence-corrected chi connectivity index (χ3v) is 3.12. The summed E-state index contributed by atoms with van der Waals surface area (Å²) in [5.41, 5.74) is 9.96. The van der Waals surface area contributed by atoms with Gasteiger partial charge in [-0.1, -0.05) is 0 Å². The van der Waals surface area contributed by atoms with E-state index in [9.17, 15) is 0 Å². The van der Waals surface area contributed by atoms with Crippen LogP contribution in [-0.2, 0) is 0 Å². The van der Waals surface area contributed by atoms with Crippen LogP contribution >= 0.6 is 0 Å². The fourth-order valence-electron chi connectivity index (χ4n) is 2.08. The van der Waals surface area contributed by atoms with Crippen LogP contribution in [0.3, 0.4) is 0 Å². The lowest BCUT2D eigenvalue weighted by Gasteiger charge is -2.11. The Balaban J connectivity index is 2.33. The Labute approximate surface area is 98.5 Å². The normalized spacial score (nSPS) is 13.1. The number of ether oxygens (including phenoxy) is 2. The number of nitrogens with one attached hydrogen (secondary N) is 1. The first-order valence-electron chi connectivity index (χ1n) is 5.37. The molecule has 1 aliphatic rings. The number of aromatic nitrogens is 2. The Hall–Kier alpha value is -2.17. The van der Waals surface area contributed by atoms with Gasteiger partial charge in [-0.25, -0.2) is 0 Å². The van der Waals surface area contributed by atoms with Crippen LogP contribution in [0.5, 0.6) is 11.5 Å². The molecule has 0 radical (unpaired) electrons. The first kappa shape index (κ1) is 10.0. The highest BCUT2D eigenvalue weighted by Crippen LogP contribution is 2.45. The zero-order valence-corrected chi connectivity index (χ0v) is 9.70. The van der Waals surface area contributed by atoms with E-state index in [1.807, 2.05) is 19.9 Å². The predicted molar refractivity (Wildman–Crippen MR) is 64.0 cm³/mol. The van der Waals surface area contributed by atoms with Gasteiger partial charge in [0, 0.05) is 11.1 Å². The summed E-state index contributed by atoms with van der Waals surface area (Å²) in [6.07, 6.45) is 1.71. The molecule has 2 aromatic rings. The molecule has 88 valence electrons. The van der Waals surface area contributed by atoms with Crippen molar-refractivity contribution in [2.45, 2.75) is 13.8 Å². The van der Waals surface area contributed by atoms with Gasteiger partial charge in [0.15, 0.2) is 11.5 Å². The summed E-state index contributed by atoms with van der Waals surface area (Å²) in [4.78, 5) is 0. The molecule has 5 heteroatoms. The molecule has 0 atom stereocenters. The minimum atomic E-state index is 0.253. The molecule has 0 saturated heterocycles. The molecular formula is C12H13N3O2. The van der Waals surface area contributed by atoms with Crippen LogP contribution in [0.4, 0.5) is 5.82 Å². The molecule has 1 aliphatic heterocycles. The number of nitrogen functional groups attached to an aromatic ring is 1. The quantitative estimate of drug-likeness (QED) is 0.787. The number of nitrogens with zero attached hydrogens (tertiary/aromatic N) is 1. The smallest absolute Gasteiger partial charge is 0.231 e. The van der Waals surface area contributed by atoms with Crippen LogP contribution in [0.15, 0.2) is 12.3 Å². The van der Waals surface area contributed by atoms with E-state index in [4.69, 9.17) is 15.2 Å². The van der Waals surface area contributed by atoms with Crippen LogP contribution in [0.25, 0.3) is 11.1 Å². The van der Waals surface area contributed by atoms with Gasteiger partial charge in [0.2, 0.25) is 6.79 Å². The monoisotopic (exact) mass is 231 g/mol. The van der Waals surface area contributed by atoms with E-state index in [-0.39, 0.29) is 6.79 Å². The van der Waals surface area contributed by atoms with E-state index in [1.54, 1.807) is 6.20 Å². The van der Waals surface area contributed by atoms with Crippen molar-refractivity contribution >= 4 is 5.82 Å². The van der Waals surface area contributed by atoms with E-state index in [2.05, 4.69) is 10.2 Å². The molecule has 0 spiro atoms. The molecule has 2 heterocycles. The predicted octanol–water partition coefficient (Wildman–Crippen LogP) is 2.00. The first-order chi connectivity index (χ1) is 8.18. The second-order valence-electron chi connectivity index (χ2n) is 4.12. The summed E-state index contributed by atoms with van der Waals surface area (Å²) < 4.78 is 10.9. The lowest BCUT2D eigenvalue weighted by atomic mass is 9.97. The molecule has 0 unspecified atom stereocenters. The molecule has 0 aliphatic carbocycles. The van der Waals surface area contributed by atoms with Crippen molar-refractivity contribution in [2.75, 3.05) is 12.5 Å². The summed E-state index contributed by atoms with van der Waals surface area (Å²) >= 11 is 0. The van der Waals surface area contributed by atoms with Gasteiger partial charge in [-0.2, -0.15) is 5.10 Å². The summed E-state index contributed by atoms with van der Waals surface area (Å²) in [5, 5.41) is 6.68. The highest BCUT2D eigenvalue weighted by molar-refractivity contribution is 5.84. The van der Waals surface area contributed by atoms with Crippen molar-refractivity contribution in [1.82, 2.24) is 10.2 Å². The number of hydrogen-bond acceptors (Lipinski definition) is 4. The molecule has 5 nitrogen and oxygen atoms in total. The summed E-state index contributed by atoms with van der Waals surface area (Å²) in [6, 6.07) is 1.98. The number of fused-ring (bicyclic) bond motifs is 1. The molecule has 0 bridgehead atoms. The Kier molecular flexibility index (Phi) is 2.01. The Morgan fingerprint density at radius 1 is 1.35 bits per heavy atom. The average Bonchev–Trinajstić information content (AvgIpc) is 2.89. The van der Waals surface area contributed by atoms with Crippen molar-refractivity contribution in [3.63, 3.8) is 0 Å². The van der Waals surface area contributed by atoms with E-state index in [1.165, 1.54) is 0 Å². The van der Waals surface area contributed by atoms with Crippen LogP contribution in [-0.4, -0.2) is 17.0 Å². The summed E-state index contributed by atoms with van der Waals surface area (Å²) in [6.45, 7) is 4.33. The minimum Gasteiger partial charge on any atom is -0.454 e. The summed E-state index contributed by atoms with van der Waals surface area (Å²) in [5.74, 6) is 2.06. The molecule has 3 N–H and O–H groups in total. The maximum absolute atomic E-state index is 5.87. The van der Waals surface area contributed by atoms with Gasteiger partial charge >= 0.3 is 0 Å². The van der Waals surface area contributed by atoms with Crippen molar-refractivity contribution in [3.05, 3.63) is 23.4 Å². The number of benzene rings is 1. The number of nitrogens with two attached hydrogens (primary N) is 1. The Bertz CT molecular complexity index is 590. The zero-order chi connectivity index (χ0) is 12.0. The topological polar surface area (TPSA) is 73.2 Å². The molecule has 0 fully saturated rings. The third kappa shape index (κ3) is 1.35. The van der Waals surface area contributed by atoms with Gasteiger partial charge in [0.1, 0.15) is 5.82 Å². The summed E-state index contributed by atoms with van der Waals surface area (Å²) in [7, 11) is 0. The second-order valence-corrected chi connectivity index (χ2v) is 4.12. The van der Waals surface area contributed by atoms with E-state index >= 15 is 0 Å². The van der Waals surface area contributed by atoms with E-state index < -0.39 is 0 Å². The second kappa shape index (κ2) is 3.41. The highest BCUT2D eigenvalue weighted by Gasteiger charge is 2.24. The lowest BCUT2D eigenvalue weighted by molar-refractivity contribution is 0.174. The molecule has 3 rings (SSSR count). The van der Waals surface area contributed by atoms with Crippen LogP contribution in [0.2, 0.25) is 0 Å². The van der Waals surface area contributed by atoms with Crippen molar-refractivity contribution in [3.8, 4) is 22.6 Å². The number of H-pyrrole nitrogens is 1. The fourth-order valence-corrected chi connectivity index (χ4v) is 2.08. The van der Waals surface area contributed by atoms with Crippen LogP contribution in [0, 0.1) is 13.8 Å². The Morgan fingerprint density at radius 2 is 2.18 bits per heavy atom. The molecule has 0 saturated carbocycles. The van der Waals surface area contributed by atoms with Gasteiger partial charge in [-0.15, -0.1) is 0 Å². The molecular weight excluding hydrogens is 218 g/mol. The largest absolute Gasteiger partial charge is 0.454 e. The van der Waals surface area contributed by atoms with Gasteiger partial charge < -0.3 is 15.2 Å². The molecule has 1 aromatic carbocycles. The van der Waals surface area contributed by atoms with Gasteiger partial charge in [0.25, 0.3) is 0 Å². The highest BCUT2D eigenvalue weighted by atomic mass is 16.7. The number of aryl methyl sites for hydroxylation is 1. The van der Waals surface area contributed by atoms with E-state index in [0.717, 1.165) is 33.8 Å². The van der Waals surface area contributed by atoms with Gasteiger partial charge in [-0.05, 0) is 31.0 Å². The van der Waals surface area contributed by atoms with Gasteiger partial charge in [0.05, 0.1) is 6.20 Å². The standard InChI is InChI=1S/C12H13N3O2/c1-6-3-9-11(17-5-16-9)10(7(6)2)8-4-14-15-12(8)13/h3-4H,5H2,1-2H3,(H3,13,14,15). The fraction of sp³-hybridized carbons (Fsp3) is 0.250. The molecule has 1 aromatic heterocycles. The van der Waals surface area contributed by atoms with Crippen LogP contribution in [0.1, 0.15) is 11.1 Å². The first-order valence-corrected chi connectivity index (χ1v) is 5.37. The molecule has 0 amide bonds. The maximum Gasteiger partial charge on any atom is 0.231 e. The Morgan fingerprint density at radius 3 is 2.88 bits per heavy atom. The van der Waals surface area contributed by atoms with Crippen molar-refractivity contribution in [1.29, 1.82) is 0 Å². The maximum atomic E-state index is 5.87.